The molecule has 0 spiro atoms. The minimum atomic E-state index is -0.613. The summed E-state index contributed by atoms with van der Waals surface area (Å²) in [5, 5.41) is 15.6. The molecule has 1 aromatic rings. The van der Waals surface area contributed by atoms with Crippen molar-refractivity contribution in [2.75, 3.05) is 29.7 Å². The maximum Gasteiger partial charge on any atom is 0.262 e. The number of rotatable bonds is 4. The van der Waals surface area contributed by atoms with Crippen molar-refractivity contribution in [1.82, 2.24) is 0 Å². The lowest BCUT2D eigenvalue weighted by atomic mass is 9.99. The van der Waals surface area contributed by atoms with E-state index < -0.39 is 6.10 Å². The topological polar surface area (TPSA) is 70.6 Å². The molecule has 1 heterocycles. The zero-order chi connectivity index (χ0) is 14.9. The highest BCUT2D eigenvalue weighted by atomic mass is 35.5. The number of amides is 1. The van der Waals surface area contributed by atoms with Crippen LogP contribution in [0.25, 0.3) is 0 Å². The van der Waals surface area contributed by atoms with Crippen LogP contribution in [-0.4, -0.2) is 36.1 Å². The van der Waals surface area contributed by atoms with Crippen molar-refractivity contribution in [3.05, 3.63) is 16.7 Å². The molecule has 0 aromatic heterocycles. The Kier molecular flexibility index (Phi) is 4.40. The zero-order valence-corrected chi connectivity index (χ0v) is 12.6. The van der Waals surface area contributed by atoms with Crippen LogP contribution in [0, 0.1) is 20.8 Å². The second kappa shape index (κ2) is 5.89. The molecule has 1 amide bonds. The molecule has 20 heavy (non-hydrogen) atoms. The number of nitrogens with one attached hydrogen (secondary N) is 2. The van der Waals surface area contributed by atoms with E-state index in [1.54, 1.807) is 0 Å². The van der Waals surface area contributed by atoms with Gasteiger partial charge in [-0.1, -0.05) is 0 Å². The molecule has 0 bridgehead atoms. The molecular formula is C14H19ClN2O3. The van der Waals surface area contributed by atoms with Crippen molar-refractivity contribution >= 4 is 28.9 Å². The van der Waals surface area contributed by atoms with E-state index in [0.717, 1.165) is 28.1 Å². The highest BCUT2D eigenvalue weighted by Crippen LogP contribution is 2.41. The summed E-state index contributed by atoms with van der Waals surface area (Å²) >= 11 is 5.60. The molecule has 1 aliphatic rings. The van der Waals surface area contributed by atoms with Crippen LogP contribution < -0.4 is 15.4 Å². The summed E-state index contributed by atoms with van der Waals surface area (Å²) in [6.07, 6.45) is -0.613. The van der Waals surface area contributed by atoms with Crippen LogP contribution in [0.2, 0.25) is 0 Å². The van der Waals surface area contributed by atoms with E-state index in [-0.39, 0.29) is 18.4 Å². The fourth-order valence-electron chi connectivity index (χ4n) is 2.31. The number of carbonyl (C=O) groups is 1. The molecule has 3 N–H and O–H groups in total. The van der Waals surface area contributed by atoms with E-state index in [2.05, 4.69) is 10.6 Å². The van der Waals surface area contributed by atoms with Crippen molar-refractivity contribution in [1.29, 1.82) is 0 Å². The van der Waals surface area contributed by atoms with Crippen LogP contribution in [0.15, 0.2) is 0 Å². The predicted octanol–water partition coefficient (Wildman–Crippen LogP) is 1.95. The third-order valence-electron chi connectivity index (χ3n) is 3.56. The molecule has 2 rings (SSSR count). The van der Waals surface area contributed by atoms with Crippen molar-refractivity contribution in [2.24, 2.45) is 0 Å². The maximum absolute atomic E-state index is 11.5. The molecule has 0 saturated carbocycles. The van der Waals surface area contributed by atoms with Gasteiger partial charge in [-0.15, -0.1) is 11.6 Å². The first kappa shape index (κ1) is 14.9. The number of fused-ring (bicyclic) bond motifs is 1. The molecule has 6 heteroatoms. The van der Waals surface area contributed by atoms with Gasteiger partial charge in [0.05, 0.1) is 17.7 Å². The van der Waals surface area contributed by atoms with Gasteiger partial charge in [-0.3, -0.25) is 4.79 Å². The highest BCUT2D eigenvalue weighted by molar-refractivity contribution is 6.18. The van der Waals surface area contributed by atoms with E-state index in [4.69, 9.17) is 16.3 Å². The molecule has 1 aromatic carbocycles. The number of ether oxygens (including phenoxy) is 1. The molecule has 5 nitrogen and oxygen atoms in total. The first-order valence-corrected chi connectivity index (χ1v) is 7.03. The molecule has 1 atom stereocenters. The molecule has 0 fully saturated rings. The minimum Gasteiger partial charge on any atom is -0.481 e. The van der Waals surface area contributed by atoms with Crippen LogP contribution in [0.1, 0.15) is 16.7 Å². The largest absolute Gasteiger partial charge is 0.481 e. The Morgan fingerprint density at radius 1 is 1.35 bits per heavy atom. The Bertz CT molecular complexity index is 546. The number of hydrogen-bond donors (Lipinski definition) is 3. The predicted molar refractivity (Wildman–Crippen MR) is 80.0 cm³/mol. The van der Waals surface area contributed by atoms with E-state index in [0.29, 0.717) is 12.2 Å². The molecule has 0 aliphatic carbocycles. The summed E-state index contributed by atoms with van der Waals surface area (Å²) < 4.78 is 5.52. The smallest absolute Gasteiger partial charge is 0.262 e. The number of anilines is 2. The number of halogens is 1. The maximum atomic E-state index is 11.5. The normalized spacial score (nSPS) is 15.2. The van der Waals surface area contributed by atoms with Crippen LogP contribution in [0.3, 0.4) is 0 Å². The SMILES string of the molecule is Cc1c(C)c2c(c(C)c1NCC(O)CCl)NC(=O)CO2. The van der Waals surface area contributed by atoms with Gasteiger partial charge in [0, 0.05) is 12.2 Å². The Balaban J connectivity index is 2.40. The number of carbonyl (C=O) groups excluding carboxylic acids is 1. The standard InChI is InChI=1S/C14H19ClN2O3/c1-7-8(2)14-13(17-11(19)6-20-14)9(3)12(7)16-5-10(18)4-15/h10,16,18H,4-6H2,1-3H3,(H,17,19). The fourth-order valence-corrected chi connectivity index (χ4v) is 2.41. The van der Waals surface area contributed by atoms with Crippen molar-refractivity contribution in [2.45, 2.75) is 26.9 Å². The summed E-state index contributed by atoms with van der Waals surface area (Å²) in [5.41, 5.74) is 4.52. The highest BCUT2D eigenvalue weighted by Gasteiger charge is 2.24. The Morgan fingerprint density at radius 2 is 2.05 bits per heavy atom. The molecule has 0 radical (unpaired) electrons. The zero-order valence-electron chi connectivity index (χ0n) is 11.8. The van der Waals surface area contributed by atoms with Gasteiger partial charge in [0.2, 0.25) is 0 Å². The lowest BCUT2D eigenvalue weighted by Crippen LogP contribution is -2.28. The number of aliphatic hydroxyl groups is 1. The summed E-state index contributed by atoms with van der Waals surface area (Å²) in [4.78, 5) is 11.5. The average Bonchev–Trinajstić information content (AvgIpc) is 2.44. The van der Waals surface area contributed by atoms with Gasteiger partial charge in [0.1, 0.15) is 5.75 Å². The summed E-state index contributed by atoms with van der Waals surface area (Å²) in [6.45, 7) is 6.25. The summed E-state index contributed by atoms with van der Waals surface area (Å²) in [6, 6.07) is 0. The monoisotopic (exact) mass is 298 g/mol. The lowest BCUT2D eigenvalue weighted by molar-refractivity contribution is -0.118. The van der Waals surface area contributed by atoms with Crippen LogP contribution in [0.4, 0.5) is 11.4 Å². The van der Waals surface area contributed by atoms with Crippen molar-refractivity contribution < 1.29 is 14.6 Å². The Hall–Kier alpha value is -1.46. The average molecular weight is 299 g/mol. The Labute approximate surface area is 123 Å². The van der Waals surface area contributed by atoms with Crippen LogP contribution >= 0.6 is 11.6 Å². The lowest BCUT2D eigenvalue weighted by Gasteiger charge is -2.26. The van der Waals surface area contributed by atoms with Gasteiger partial charge in [-0.2, -0.15) is 0 Å². The number of hydrogen-bond acceptors (Lipinski definition) is 4. The number of alkyl halides is 1. The molecule has 110 valence electrons. The molecular weight excluding hydrogens is 280 g/mol. The minimum absolute atomic E-state index is 0.0461. The summed E-state index contributed by atoms with van der Waals surface area (Å²) in [5.74, 6) is 0.744. The Morgan fingerprint density at radius 3 is 2.70 bits per heavy atom. The van der Waals surface area contributed by atoms with Crippen LogP contribution in [0.5, 0.6) is 5.75 Å². The first-order valence-electron chi connectivity index (χ1n) is 6.50. The van der Waals surface area contributed by atoms with Gasteiger partial charge in [0.25, 0.3) is 5.91 Å². The van der Waals surface area contributed by atoms with Gasteiger partial charge < -0.3 is 20.5 Å². The van der Waals surface area contributed by atoms with E-state index in [1.165, 1.54) is 0 Å². The second-order valence-corrected chi connectivity index (χ2v) is 5.29. The van der Waals surface area contributed by atoms with Crippen LogP contribution in [-0.2, 0) is 4.79 Å². The third kappa shape index (κ3) is 2.69. The first-order chi connectivity index (χ1) is 9.45. The fraction of sp³-hybridized carbons (Fsp3) is 0.500. The molecule has 1 unspecified atom stereocenters. The third-order valence-corrected chi connectivity index (χ3v) is 3.92. The van der Waals surface area contributed by atoms with E-state index in [1.807, 2.05) is 20.8 Å². The number of aliphatic hydroxyl groups excluding tert-OH is 1. The molecule has 1 aliphatic heterocycles. The van der Waals surface area contributed by atoms with E-state index >= 15 is 0 Å². The molecule has 0 saturated heterocycles. The quantitative estimate of drug-likeness (QED) is 0.743. The van der Waals surface area contributed by atoms with Gasteiger partial charge >= 0.3 is 0 Å². The summed E-state index contributed by atoms with van der Waals surface area (Å²) in [7, 11) is 0. The second-order valence-electron chi connectivity index (χ2n) is 4.98. The van der Waals surface area contributed by atoms with Gasteiger partial charge in [0.15, 0.2) is 6.61 Å². The van der Waals surface area contributed by atoms with E-state index in [9.17, 15) is 9.90 Å². The van der Waals surface area contributed by atoms with Gasteiger partial charge in [-0.25, -0.2) is 0 Å². The van der Waals surface area contributed by atoms with Gasteiger partial charge in [-0.05, 0) is 37.5 Å². The van der Waals surface area contributed by atoms with Crippen molar-refractivity contribution in [3.63, 3.8) is 0 Å². The van der Waals surface area contributed by atoms with Crippen molar-refractivity contribution in [3.8, 4) is 5.75 Å². The number of benzene rings is 1.